The summed E-state index contributed by atoms with van der Waals surface area (Å²) in [4.78, 5) is 19.0. The van der Waals surface area contributed by atoms with E-state index in [1.807, 2.05) is 0 Å². The number of nitrogens with one attached hydrogen (secondary N) is 1. The van der Waals surface area contributed by atoms with Gasteiger partial charge in [0, 0.05) is 25.4 Å². The van der Waals surface area contributed by atoms with Crippen molar-refractivity contribution >= 4 is 0 Å². The van der Waals surface area contributed by atoms with Crippen molar-refractivity contribution in [3.05, 3.63) is 27.9 Å². The van der Waals surface area contributed by atoms with Gasteiger partial charge in [-0.25, -0.2) is 4.98 Å². The fourth-order valence-corrected chi connectivity index (χ4v) is 2.64. The Hall–Kier alpha value is -1.20. The van der Waals surface area contributed by atoms with E-state index in [1.54, 1.807) is 13.3 Å². The highest BCUT2D eigenvalue weighted by Crippen LogP contribution is 2.36. The molecule has 0 amide bonds. The van der Waals surface area contributed by atoms with Crippen LogP contribution in [0.25, 0.3) is 0 Å². The molecule has 5 heteroatoms. The minimum Gasteiger partial charge on any atom is -0.370 e. The first-order chi connectivity index (χ1) is 8.72. The van der Waals surface area contributed by atoms with Gasteiger partial charge in [-0.2, -0.15) is 0 Å². The SMILES string of the molecule is COC1(c2ncc(CN)c(=O)[nH]2)CCCCCC1. The lowest BCUT2D eigenvalue weighted by molar-refractivity contribution is -0.0353. The van der Waals surface area contributed by atoms with Gasteiger partial charge >= 0.3 is 0 Å². The van der Waals surface area contributed by atoms with Gasteiger partial charge < -0.3 is 15.5 Å². The van der Waals surface area contributed by atoms with E-state index in [9.17, 15) is 4.79 Å². The van der Waals surface area contributed by atoms with Crippen molar-refractivity contribution in [2.45, 2.75) is 50.7 Å². The van der Waals surface area contributed by atoms with Crippen LogP contribution in [0.1, 0.15) is 49.9 Å². The molecule has 0 bridgehead atoms. The van der Waals surface area contributed by atoms with E-state index in [4.69, 9.17) is 10.5 Å². The normalized spacial score (nSPS) is 19.4. The molecule has 5 nitrogen and oxygen atoms in total. The molecule has 3 N–H and O–H groups in total. The van der Waals surface area contributed by atoms with E-state index < -0.39 is 5.60 Å². The van der Waals surface area contributed by atoms with Crippen LogP contribution in [0.5, 0.6) is 0 Å². The van der Waals surface area contributed by atoms with Gasteiger partial charge in [0.25, 0.3) is 5.56 Å². The first kappa shape index (κ1) is 13.2. The Morgan fingerprint density at radius 1 is 1.39 bits per heavy atom. The van der Waals surface area contributed by atoms with Crippen LogP contribution in [0, 0.1) is 0 Å². The molecule has 0 spiro atoms. The molecule has 1 aromatic heterocycles. The van der Waals surface area contributed by atoms with Crippen molar-refractivity contribution < 1.29 is 4.74 Å². The number of H-pyrrole nitrogens is 1. The third kappa shape index (κ3) is 2.47. The van der Waals surface area contributed by atoms with Crippen molar-refractivity contribution in [1.29, 1.82) is 0 Å². The summed E-state index contributed by atoms with van der Waals surface area (Å²) >= 11 is 0. The highest BCUT2D eigenvalue weighted by atomic mass is 16.5. The summed E-state index contributed by atoms with van der Waals surface area (Å²) in [5.74, 6) is 0.647. The molecule has 100 valence electrons. The Morgan fingerprint density at radius 2 is 2.06 bits per heavy atom. The van der Waals surface area contributed by atoms with E-state index >= 15 is 0 Å². The molecule has 1 fully saturated rings. The minimum absolute atomic E-state index is 0.150. The number of methoxy groups -OCH3 is 1. The lowest BCUT2D eigenvalue weighted by Crippen LogP contribution is -2.33. The quantitative estimate of drug-likeness (QED) is 0.796. The van der Waals surface area contributed by atoms with Crippen LogP contribution >= 0.6 is 0 Å². The van der Waals surface area contributed by atoms with Gasteiger partial charge in [0.2, 0.25) is 0 Å². The van der Waals surface area contributed by atoms with Crippen LogP contribution in [-0.4, -0.2) is 17.1 Å². The summed E-state index contributed by atoms with van der Waals surface area (Å²) in [6, 6.07) is 0. The maximum absolute atomic E-state index is 11.8. The van der Waals surface area contributed by atoms with Gasteiger partial charge in [-0.3, -0.25) is 4.79 Å². The summed E-state index contributed by atoms with van der Waals surface area (Å²) in [6.45, 7) is 0.211. The second-order valence-electron chi connectivity index (χ2n) is 4.90. The number of rotatable bonds is 3. The van der Waals surface area contributed by atoms with Crippen molar-refractivity contribution in [2.24, 2.45) is 5.73 Å². The Morgan fingerprint density at radius 3 is 2.56 bits per heavy atom. The Bertz CT molecular complexity index is 448. The van der Waals surface area contributed by atoms with E-state index in [1.165, 1.54) is 12.8 Å². The Balaban J connectivity index is 2.37. The average molecular weight is 251 g/mol. The monoisotopic (exact) mass is 251 g/mol. The second kappa shape index (κ2) is 5.63. The van der Waals surface area contributed by atoms with E-state index in [0.29, 0.717) is 11.4 Å². The molecule has 1 aliphatic rings. The standard InChI is InChI=1S/C13H21N3O2/c1-18-13(6-4-2-3-5-7-13)12-15-9-10(8-14)11(17)16-12/h9H,2-8,14H2,1H3,(H,15,16,17). The number of nitrogens with zero attached hydrogens (tertiary/aromatic N) is 1. The minimum atomic E-state index is -0.428. The fourth-order valence-electron chi connectivity index (χ4n) is 2.64. The van der Waals surface area contributed by atoms with Crippen LogP contribution in [0.4, 0.5) is 0 Å². The number of aromatic nitrogens is 2. The Labute approximate surface area is 107 Å². The number of hydrogen-bond donors (Lipinski definition) is 2. The van der Waals surface area contributed by atoms with Gasteiger partial charge in [-0.1, -0.05) is 25.7 Å². The molecule has 0 unspecified atom stereocenters. The second-order valence-corrected chi connectivity index (χ2v) is 4.90. The largest absolute Gasteiger partial charge is 0.370 e. The smallest absolute Gasteiger partial charge is 0.255 e. The zero-order valence-corrected chi connectivity index (χ0v) is 10.9. The summed E-state index contributed by atoms with van der Waals surface area (Å²) in [7, 11) is 1.70. The molecule has 0 atom stereocenters. The predicted molar refractivity (Wildman–Crippen MR) is 69.1 cm³/mol. The number of aromatic amines is 1. The van der Waals surface area contributed by atoms with E-state index in [0.717, 1.165) is 25.7 Å². The predicted octanol–water partition coefficient (Wildman–Crippen LogP) is 1.42. The average Bonchev–Trinajstić information content (AvgIpc) is 2.65. The lowest BCUT2D eigenvalue weighted by Gasteiger charge is -2.30. The van der Waals surface area contributed by atoms with Crippen LogP contribution < -0.4 is 11.3 Å². The summed E-state index contributed by atoms with van der Waals surface area (Å²) in [6.07, 6.45) is 8.04. The highest BCUT2D eigenvalue weighted by molar-refractivity contribution is 5.10. The van der Waals surface area contributed by atoms with Crippen molar-refractivity contribution in [3.63, 3.8) is 0 Å². The third-order valence-corrected chi connectivity index (χ3v) is 3.83. The first-order valence-corrected chi connectivity index (χ1v) is 6.56. The molecular formula is C13H21N3O2. The van der Waals surface area contributed by atoms with Crippen LogP contribution in [0.15, 0.2) is 11.0 Å². The zero-order valence-electron chi connectivity index (χ0n) is 10.9. The number of nitrogens with two attached hydrogens (primary N) is 1. The summed E-state index contributed by atoms with van der Waals surface area (Å²) in [5, 5.41) is 0. The number of hydrogen-bond acceptors (Lipinski definition) is 4. The lowest BCUT2D eigenvalue weighted by atomic mass is 9.93. The molecule has 1 saturated carbocycles. The zero-order chi connectivity index (χ0) is 13.0. The molecule has 0 saturated heterocycles. The summed E-state index contributed by atoms with van der Waals surface area (Å²) in [5.41, 5.74) is 5.41. The van der Waals surface area contributed by atoms with E-state index in [2.05, 4.69) is 9.97 Å². The highest BCUT2D eigenvalue weighted by Gasteiger charge is 2.35. The first-order valence-electron chi connectivity index (χ1n) is 6.56. The van der Waals surface area contributed by atoms with Crippen molar-refractivity contribution in [3.8, 4) is 0 Å². The fraction of sp³-hybridized carbons (Fsp3) is 0.692. The molecular weight excluding hydrogens is 230 g/mol. The Kier molecular flexibility index (Phi) is 4.14. The molecule has 18 heavy (non-hydrogen) atoms. The van der Waals surface area contributed by atoms with Gasteiger partial charge in [0.05, 0.1) is 0 Å². The molecule has 0 radical (unpaired) electrons. The van der Waals surface area contributed by atoms with Crippen LogP contribution in [-0.2, 0) is 16.9 Å². The van der Waals surface area contributed by atoms with Gasteiger partial charge in [-0.15, -0.1) is 0 Å². The van der Waals surface area contributed by atoms with Gasteiger partial charge in [0.1, 0.15) is 11.4 Å². The molecule has 2 rings (SSSR count). The van der Waals surface area contributed by atoms with E-state index in [-0.39, 0.29) is 12.1 Å². The molecule has 1 aliphatic carbocycles. The third-order valence-electron chi connectivity index (χ3n) is 3.83. The van der Waals surface area contributed by atoms with Gasteiger partial charge in [-0.05, 0) is 12.8 Å². The molecule has 1 aromatic rings. The topological polar surface area (TPSA) is 81.0 Å². The molecule has 1 heterocycles. The van der Waals surface area contributed by atoms with Crippen molar-refractivity contribution in [1.82, 2.24) is 9.97 Å². The molecule has 0 aliphatic heterocycles. The van der Waals surface area contributed by atoms with Gasteiger partial charge in [0.15, 0.2) is 0 Å². The maximum Gasteiger partial charge on any atom is 0.255 e. The maximum atomic E-state index is 11.8. The summed E-state index contributed by atoms with van der Waals surface area (Å²) < 4.78 is 5.71. The van der Waals surface area contributed by atoms with Crippen LogP contribution in [0.3, 0.4) is 0 Å². The van der Waals surface area contributed by atoms with Crippen molar-refractivity contribution in [2.75, 3.05) is 7.11 Å². The molecule has 0 aromatic carbocycles. The number of ether oxygens (including phenoxy) is 1. The van der Waals surface area contributed by atoms with Crippen LogP contribution in [0.2, 0.25) is 0 Å².